The second kappa shape index (κ2) is 6.00. The number of hydrogen-bond acceptors (Lipinski definition) is 2. The van der Waals surface area contributed by atoms with Crippen LogP contribution >= 0.6 is 0 Å². The lowest BCUT2D eigenvalue weighted by molar-refractivity contribution is 0.301. The first-order chi connectivity index (χ1) is 9.50. The van der Waals surface area contributed by atoms with E-state index in [-0.39, 0.29) is 5.41 Å². The van der Waals surface area contributed by atoms with Crippen molar-refractivity contribution in [3.8, 4) is 11.5 Å². The van der Waals surface area contributed by atoms with Crippen molar-refractivity contribution in [2.45, 2.75) is 32.8 Å². The van der Waals surface area contributed by atoms with Gasteiger partial charge in [0, 0.05) is 0 Å². The van der Waals surface area contributed by atoms with Crippen LogP contribution in [0.3, 0.4) is 0 Å². The van der Waals surface area contributed by atoms with E-state index in [1.807, 2.05) is 36.4 Å². The number of rotatable bonds is 4. The van der Waals surface area contributed by atoms with Crippen molar-refractivity contribution >= 4 is 0 Å². The lowest BCUT2D eigenvalue weighted by Gasteiger charge is -2.23. The fraction of sp³-hybridized carbons (Fsp3) is 0.333. The summed E-state index contributed by atoms with van der Waals surface area (Å²) in [5.41, 5.74) is 2.54. The summed E-state index contributed by atoms with van der Waals surface area (Å²) in [6, 6.07) is 16.1. The molecule has 0 radical (unpaired) electrons. The monoisotopic (exact) mass is 270 g/mol. The van der Waals surface area contributed by atoms with Gasteiger partial charge in [0.15, 0.2) is 0 Å². The Kier molecular flexibility index (Phi) is 4.33. The summed E-state index contributed by atoms with van der Waals surface area (Å²) in [5, 5.41) is 0. The Morgan fingerprint density at radius 1 is 0.900 bits per heavy atom. The van der Waals surface area contributed by atoms with E-state index in [1.165, 1.54) is 11.1 Å². The molecular weight excluding hydrogens is 248 g/mol. The van der Waals surface area contributed by atoms with Crippen LogP contribution in [0.5, 0.6) is 11.5 Å². The Bertz CT molecular complexity index is 553. The largest absolute Gasteiger partial charge is 0.497 e. The second-order valence-electron chi connectivity index (χ2n) is 5.87. The standard InChI is InChI=1S/C18H22O2/c1-18(2,3)17-11-10-16(19-4)12-14(17)13-20-15-8-6-5-7-9-15/h5-12H,13H2,1-4H3. The minimum atomic E-state index is 0.0850. The zero-order valence-corrected chi connectivity index (χ0v) is 12.6. The van der Waals surface area contributed by atoms with Crippen molar-refractivity contribution in [1.29, 1.82) is 0 Å². The fourth-order valence-electron chi connectivity index (χ4n) is 2.23. The third kappa shape index (κ3) is 3.53. The number of ether oxygens (including phenoxy) is 2. The van der Waals surface area contributed by atoms with Crippen molar-refractivity contribution in [3.05, 3.63) is 59.7 Å². The van der Waals surface area contributed by atoms with Crippen LogP contribution in [-0.2, 0) is 12.0 Å². The maximum Gasteiger partial charge on any atom is 0.119 e. The molecule has 0 unspecified atom stereocenters. The van der Waals surface area contributed by atoms with Gasteiger partial charge in [-0.2, -0.15) is 0 Å². The number of methoxy groups -OCH3 is 1. The van der Waals surface area contributed by atoms with Gasteiger partial charge < -0.3 is 9.47 Å². The SMILES string of the molecule is COc1ccc(C(C)(C)C)c(COc2ccccc2)c1. The van der Waals surface area contributed by atoms with Crippen LogP contribution in [0.25, 0.3) is 0 Å². The van der Waals surface area contributed by atoms with Crippen molar-refractivity contribution < 1.29 is 9.47 Å². The first kappa shape index (κ1) is 14.4. The van der Waals surface area contributed by atoms with Gasteiger partial charge in [-0.3, -0.25) is 0 Å². The summed E-state index contributed by atoms with van der Waals surface area (Å²) < 4.78 is 11.2. The Morgan fingerprint density at radius 2 is 1.60 bits per heavy atom. The molecule has 20 heavy (non-hydrogen) atoms. The zero-order chi connectivity index (χ0) is 14.6. The Balaban J connectivity index is 2.24. The van der Waals surface area contributed by atoms with Gasteiger partial charge in [-0.15, -0.1) is 0 Å². The quantitative estimate of drug-likeness (QED) is 0.810. The molecule has 0 fully saturated rings. The maximum atomic E-state index is 5.87. The minimum absolute atomic E-state index is 0.0850. The molecule has 0 atom stereocenters. The Morgan fingerprint density at radius 3 is 2.20 bits per heavy atom. The van der Waals surface area contributed by atoms with Crippen molar-refractivity contribution in [2.75, 3.05) is 7.11 Å². The third-order valence-corrected chi connectivity index (χ3v) is 3.26. The number of para-hydroxylation sites is 1. The predicted octanol–water partition coefficient (Wildman–Crippen LogP) is 4.57. The number of benzene rings is 2. The van der Waals surface area contributed by atoms with Crippen LogP contribution in [0.15, 0.2) is 48.5 Å². The fourth-order valence-corrected chi connectivity index (χ4v) is 2.23. The van der Waals surface area contributed by atoms with E-state index in [0.29, 0.717) is 6.61 Å². The van der Waals surface area contributed by atoms with E-state index < -0.39 is 0 Å². The van der Waals surface area contributed by atoms with Crippen LogP contribution in [0.1, 0.15) is 31.9 Å². The Labute approximate surface area is 121 Å². The molecule has 2 nitrogen and oxygen atoms in total. The van der Waals surface area contributed by atoms with Gasteiger partial charge in [-0.25, -0.2) is 0 Å². The summed E-state index contributed by atoms with van der Waals surface area (Å²) in [5.74, 6) is 1.75. The van der Waals surface area contributed by atoms with Gasteiger partial charge in [0.1, 0.15) is 18.1 Å². The summed E-state index contributed by atoms with van der Waals surface area (Å²) >= 11 is 0. The molecule has 2 rings (SSSR count). The van der Waals surface area contributed by atoms with E-state index in [0.717, 1.165) is 11.5 Å². The molecule has 0 saturated carbocycles. The molecule has 0 aromatic heterocycles. The minimum Gasteiger partial charge on any atom is -0.497 e. The van der Waals surface area contributed by atoms with E-state index in [1.54, 1.807) is 7.11 Å². The topological polar surface area (TPSA) is 18.5 Å². The highest BCUT2D eigenvalue weighted by atomic mass is 16.5. The summed E-state index contributed by atoms with van der Waals surface area (Å²) in [7, 11) is 1.69. The molecule has 106 valence electrons. The van der Waals surface area contributed by atoms with Gasteiger partial charge in [-0.1, -0.05) is 45.0 Å². The molecule has 0 bridgehead atoms. The molecular formula is C18H22O2. The highest BCUT2D eigenvalue weighted by Gasteiger charge is 2.18. The number of hydrogen-bond donors (Lipinski definition) is 0. The molecule has 2 aromatic carbocycles. The molecule has 0 amide bonds. The highest BCUT2D eigenvalue weighted by Crippen LogP contribution is 2.29. The lowest BCUT2D eigenvalue weighted by atomic mass is 9.84. The molecule has 0 spiro atoms. The van der Waals surface area contributed by atoms with Crippen molar-refractivity contribution in [1.82, 2.24) is 0 Å². The molecule has 0 heterocycles. The van der Waals surface area contributed by atoms with Gasteiger partial charge in [0.05, 0.1) is 7.11 Å². The molecule has 0 aliphatic rings. The van der Waals surface area contributed by atoms with Crippen LogP contribution in [-0.4, -0.2) is 7.11 Å². The first-order valence-corrected chi connectivity index (χ1v) is 6.86. The van der Waals surface area contributed by atoms with Gasteiger partial charge in [0.2, 0.25) is 0 Å². The molecule has 0 saturated heterocycles. The van der Waals surface area contributed by atoms with E-state index in [9.17, 15) is 0 Å². The predicted molar refractivity (Wildman–Crippen MR) is 82.5 cm³/mol. The zero-order valence-electron chi connectivity index (χ0n) is 12.6. The summed E-state index contributed by atoms with van der Waals surface area (Å²) in [6.07, 6.45) is 0. The molecule has 2 aromatic rings. The lowest BCUT2D eigenvalue weighted by Crippen LogP contribution is -2.15. The average molecular weight is 270 g/mol. The normalized spacial score (nSPS) is 11.2. The summed E-state index contributed by atoms with van der Waals surface area (Å²) in [4.78, 5) is 0. The van der Waals surface area contributed by atoms with Crippen LogP contribution < -0.4 is 9.47 Å². The van der Waals surface area contributed by atoms with E-state index in [2.05, 4.69) is 32.9 Å². The molecule has 0 aliphatic carbocycles. The smallest absolute Gasteiger partial charge is 0.119 e. The maximum absolute atomic E-state index is 5.87. The Hall–Kier alpha value is -1.96. The van der Waals surface area contributed by atoms with E-state index >= 15 is 0 Å². The molecule has 0 N–H and O–H groups in total. The average Bonchev–Trinajstić information content (AvgIpc) is 2.45. The van der Waals surface area contributed by atoms with Crippen LogP contribution in [0.4, 0.5) is 0 Å². The molecule has 2 heteroatoms. The second-order valence-corrected chi connectivity index (χ2v) is 5.87. The van der Waals surface area contributed by atoms with Gasteiger partial charge >= 0.3 is 0 Å². The van der Waals surface area contributed by atoms with Crippen molar-refractivity contribution in [3.63, 3.8) is 0 Å². The summed E-state index contributed by atoms with van der Waals surface area (Å²) in [6.45, 7) is 7.18. The first-order valence-electron chi connectivity index (χ1n) is 6.86. The highest BCUT2D eigenvalue weighted by molar-refractivity contribution is 5.39. The van der Waals surface area contributed by atoms with Crippen LogP contribution in [0.2, 0.25) is 0 Å². The molecule has 0 aliphatic heterocycles. The van der Waals surface area contributed by atoms with Crippen LogP contribution in [0, 0.1) is 0 Å². The van der Waals surface area contributed by atoms with E-state index in [4.69, 9.17) is 9.47 Å². The van der Waals surface area contributed by atoms with Gasteiger partial charge in [-0.05, 0) is 40.8 Å². The van der Waals surface area contributed by atoms with Gasteiger partial charge in [0.25, 0.3) is 0 Å². The van der Waals surface area contributed by atoms with Crippen molar-refractivity contribution in [2.24, 2.45) is 0 Å². The third-order valence-electron chi connectivity index (χ3n) is 3.26.